The number of nitro groups is 1. The largest absolute Gasteiger partial charge is 0.398 e. The highest BCUT2D eigenvalue weighted by Crippen LogP contribution is 2.28. The molecule has 2 aromatic rings. The molecule has 0 spiro atoms. The molecule has 0 aliphatic rings. The van der Waals surface area contributed by atoms with Crippen LogP contribution in [0.1, 0.15) is 0 Å². The third-order valence-electron chi connectivity index (χ3n) is 2.43. The molecule has 0 heterocycles. The number of benzene rings is 2. The monoisotopic (exact) mass is 283 g/mol. The minimum Gasteiger partial charge on any atom is -0.398 e. The van der Waals surface area contributed by atoms with Crippen LogP contribution in [-0.2, 0) is 0 Å². The molecule has 2 rings (SSSR count). The summed E-state index contributed by atoms with van der Waals surface area (Å²) in [6, 6.07) is 4.40. The standard InChI is InChI=1S/C12H8F3N3O2/c13-6-1-10(14)12(11(15)2-6)17-8-3-7(16)4-9(5-8)18(19)20/h1-5,17H,16H2. The first-order chi connectivity index (χ1) is 9.36. The number of nitrogens with zero attached hydrogens (tertiary/aromatic N) is 1. The molecule has 0 saturated heterocycles. The number of anilines is 3. The summed E-state index contributed by atoms with van der Waals surface area (Å²) in [6.07, 6.45) is 0. The molecule has 3 N–H and O–H groups in total. The van der Waals surface area contributed by atoms with Gasteiger partial charge in [0.05, 0.1) is 4.92 Å². The lowest BCUT2D eigenvalue weighted by Crippen LogP contribution is -2.00. The Labute approximate surface area is 111 Å². The van der Waals surface area contributed by atoms with Crippen LogP contribution in [0.4, 0.5) is 35.9 Å². The van der Waals surface area contributed by atoms with E-state index in [-0.39, 0.29) is 17.1 Å². The molecule has 0 aliphatic heterocycles. The summed E-state index contributed by atoms with van der Waals surface area (Å²) in [6.45, 7) is 0. The van der Waals surface area contributed by atoms with Crippen LogP contribution in [0, 0.1) is 27.6 Å². The summed E-state index contributed by atoms with van der Waals surface area (Å²) < 4.78 is 39.7. The second-order valence-electron chi connectivity index (χ2n) is 3.94. The van der Waals surface area contributed by atoms with Gasteiger partial charge in [-0.25, -0.2) is 13.2 Å². The van der Waals surface area contributed by atoms with E-state index in [0.717, 1.165) is 12.1 Å². The summed E-state index contributed by atoms with van der Waals surface area (Å²) >= 11 is 0. The van der Waals surface area contributed by atoms with Gasteiger partial charge < -0.3 is 11.1 Å². The maximum absolute atomic E-state index is 13.4. The fourth-order valence-electron chi connectivity index (χ4n) is 1.62. The lowest BCUT2D eigenvalue weighted by molar-refractivity contribution is -0.384. The molecule has 2 aromatic carbocycles. The van der Waals surface area contributed by atoms with Crippen molar-refractivity contribution in [2.45, 2.75) is 0 Å². The topological polar surface area (TPSA) is 81.2 Å². The van der Waals surface area contributed by atoms with Gasteiger partial charge in [0.2, 0.25) is 0 Å². The van der Waals surface area contributed by atoms with Crippen molar-refractivity contribution >= 4 is 22.7 Å². The molecule has 0 bridgehead atoms. The van der Waals surface area contributed by atoms with Gasteiger partial charge in [0.25, 0.3) is 5.69 Å². The Kier molecular flexibility index (Phi) is 3.47. The number of nitrogens with two attached hydrogens (primary N) is 1. The van der Waals surface area contributed by atoms with Gasteiger partial charge in [0.1, 0.15) is 11.5 Å². The highest BCUT2D eigenvalue weighted by molar-refractivity contribution is 5.68. The average molecular weight is 283 g/mol. The molecular formula is C12H8F3N3O2. The Bertz CT molecular complexity index is 669. The second-order valence-corrected chi connectivity index (χ2v) is 3.94. The second kappa shape index (κ2) is 5.08. The lowest BCUT2D eigenvalue weighted by Gasteiger charge is -2.09. The number of hydrogen-bond acceptors (Lipinski definition) is 4. The van der Waals surface area contributed by atoms with Gasteiger partial charge in [-0.3, -0.25) is 10.1 Å². The van der Waals surface area contributed by atoms with Crippen molar-refractivity contribution in [2.75, 3.05) is 11.1 Å². The van der Waals surface area contributed by atoms with Gasteiger partial charge in [-0.1, -0.05) is 0 Å². The van der Waals surface area contributed by atoms with E-state index in [1.54, 1.807) is 0 Å². The molecule has 0 fully saturated rings. The first-order valence-corrected chi connectivity index (χ1v) is 5.33. The van der Waals surface area contributed by atoms with Crippen LogP contribution in [0.3, 0.4) is 0 Å². The molecule has 20 heavy (non-hydrogen) atoms. The zero-order chi connectivity index (χ0) is 14.9. The molecule has 0 aromatic heterocycles. The Morgan fingerprint density at radius 3 is 2.20 bits per heavy atom. The van der Waals surface area contributed by atoms with Gasteiger partial charge in [-0.15, -0.1) is 0 Å². The Balaban J connectivity index is 2.42. The predicted octanol–water partition coefficient (Wildman–Crippen LogP) is 3.34. The van der Waals surface area contributed by atoms with E-state index in [2.05, 4.69) is 5.32 Å². The molecule has 0 atom stereocenters. The number of nitrogen functional groups attached to an aromatic ring is 1. The number of halogens is 3. The van der Waals surface area contributed by atoms with E-state index >= 15 is 0 Å². The molecular weight excluding hydrogens is 275 g/mol. The van der Waals surface area contributed by atoms with E-state index in [0.29, 0.717) is 12.1 Å². The summed E-state index contributed by atoms with van der Waals surface area (Å²) in [5.74, 6) is -3.38. The SMILES string of the molecule is Nc1cc(Nc2c(F)cc(F)cc2F)cc([N+](=O)[O-])c1. The average Bonchev–Trinajstić information content (AvgIpc) is 2.33. The number of rotatable bonds is 3. The van der Waals surface area contributed by atoms with Gasteiger partial charge >= 0.3 is 0 Å². The quantitative estimate of drug-likeness (QED) is 0.514. The van der Waals surface area contributed by atoms with Crippen molar-refractivity contribution in [3.8, 4) is 0 Å². The predicted molar refractivity (Wildman–Crippen MR) is 67.1 cm³/mol. The number of hydrogen-bond donors (Lipinski definition) is 2. The first-order valence-electron chi connectivity index (χ1n) is 5.33. The molecule has 0 unspecified atom stereocenters. The van der Waals surface area contributed by atoms with E-state index in [9.17, 15) is 23.3 Å². The lowest BCUT2D eigenvalue weighted by atomic mass is 10.2. The molecule has 8 heteroatoms. The highest BCUT2D eigenvalue weighted by atomic mass is 19.1. The minimum absolute atomic E-state index is 0.0149. The molecule has 0 amide bonds. The summed E-state index contributed by atoms with van der Waals surface area (Å²) in [4.78, 5) is 9.97. The van der Waals surface area contributed by atoms with Crippen LogP contribution < -0.4 is 11.1 Å². The van der Waals surface area contributed by atoms with Crippen LogP contribution in [0.5, 0.6) is 0 Å². The zero-order valence-electron chi connectivity index (χ0n) is 9.86. The van der Waals surface area contributed by atoms with Gasteiger partial charge in [0.15, 0.2) is 11.6 Å². The molecule has 0 saturated carbocycles. The van der Waals surface area contributed by atoms with Crippen molar-refractivity contribution in [1.82, 2.24) is 0 Å². The van der Waals surface area contributed by atoms with Crippen LogP contribution in [-0.4, -0.2) is 4.92 Å². The van der Waals surface area contributed by atoms with Crippen LogP contribution in [0.25, 0.3) is 0 Å². The van der Waals surface area contributed by atoms with Crippen molar-refractivity contribution in [3.63, 3.8) is 0 Å². The summed E-state index contributed by atoms with van der Waals surface area (Å²) in [7, 11) is 0. The number of nitro benzene ring substituents is 1. The first kappa shape index (κ1) is 13.7. The van der Waals surface area contributed by atoms with Crippen LogP contribution in [0.15, 0.2) is 30.3 Å². The number of non-ortho nitro benzene ring substituents is 1. The fourth-order valence-corrected chi connectivity index (χ4v) is 1.62. The Morgan fingerprint density at radius 1 is 1.05 bits per heavy atom. The van der Waals surface area contributed by atoms with E-state index in [1.807, 2.05) is 0 Å². The maximum atomic E-state index is 13.4. The third kappa shape index (κ3) is 2.79. The smallest absolute Gasteiger partial charge is 0.273 e. The van der Waals surface area contributed by atoms with Crippen LogP contribution in [0.2, 0.25) is 0 Å². The van der Waals surface area contributed by atoms with E-state index in [1.165, 1.54) is 6.07 Å². The van der Waals surface area contributed by atoms with Gasteiger partial charge in [-0.2, -0.15) is 0 Å². The van der Waals surface area contributed by atoms with Crippen LogP contribution >= 0.6 is 0 Å². The van der Waals surface area contributed by atoms with Crippen molar-refractivity contribution < 1.29 is 18.1 Å². The van der Waals surface area contributed by atoms with Crippen molar-refractivity contribution in [1.29, 1.82) is 0 Å². The Morgan fingerprint density at radius 2 is 1.65 bits per heavy atom. The molecule has 104 valence electrons. The molecule has 0 aliphatic carbocycles. The fraction of sp³-hybridized carbons (Fsp3) is 0. The van der Waals surface area contributed by atoms with Crippen molar-refractivity contribution in [2.24, 2.45) is 0 Å². The minimum atomic E-state index is -1.16. The summed E-state index contributed by atoms with van der Waals surface area (Å²) in [5.41, 5.74) is 4.56. The molecule has 0 radical (unpaired) electrons. The number of nitrogens with one attached hydrogen (secondary N) is 1. The normalized spacial score (nSPS) is 10.3. The van der Waals surface area contributed by atoms with Crippen molar-refractivity contribution in [3.05, 3.63) is 57.9 Å². The van der Waals surface area contributed by atoms with E-state index < -0.39 is 28.1 Å². The van der Waals surface area contributed by atoms with Gasteiger partial charge in [-0.05, 0) is 6.07 Å². The summed E-state index contributed by atoms with van der Waals surface area (Å²) in [5, 5.41) is 13.0. The zero-order valence-corrected chi connectivity index (χ0v) is 9.86. The Hall–Kier alpha value is -2.77. The van der Waals surface area contributed by atoms with E-state index in [4.69, 9.17) is 5.73 Å². The van der Waals surface area contributed by atoms with Gasteiger partial charge in [0, 0.05) is 35.6 Å². The molecule has 5 nitrogen and oxygen atoms in total. The third-order valence-corrected chi connectivity index (χ3v) is 2.43. The highest BCUT2D eigenvalue weighted by Gasteiger charge is 2.14. The maximum Gasteiger partial charge on any atom is 0.273 e.